The summed E-state index contributed by atoms with van der Waals surface area (Å²) in [6, 6.07) is 6.10. The van der Waals surface area contributed by atoms with E-state index in [1.54, 1.807) is 7.11 Å². The van der Waals surface area contributed by atoms with E-state index < -0.39 is 0 Å². The number of nitrogens with zero attached hydrogens (tertiary/aromatic N) is 1. The maximum absolute atomic E-state index is 8.91. The van der Waals surface area contributed by atoms with E-state index in [-0.39, 0.29) is 5.41 Å². The molecule has 0 fully saturated rings. The molecule has 1 N–H and O–H groups in total. The Balaban J connectivity index is 2.51. The number of ether oxygens (including phenoxy) is 1. The highest BCUT2D eigenvalue weighted by Gasteiger charge is 2.31. The molecule has 16 heavy (non-hydrogen) atoms. The normalized spacial score (nSPS) is 20.6. The Labute approximate surface area is 95.7 Å². The van der Waals surface area contributed by atoms with Gasteiger partial charge in [-0.25, -0.2) is 0 Å². The maximum atomic E-state index is 8.91. The molecule has 0 radical (unpaired) electrons. The fourth-order valence-corrected chi connectivity index (χ4v) is 2.43. The van der Waals surface area contributed by atoms with Crippen LogP contribution >= 0.6 is 0 Å². The third-order valence-corrected chi connectivity index (χ3v) is 3.23. The van der Waals surface area contributed by atoms with Crippen molar-refractivity contribution >= 4 is 5.71 Å². The Morgan fingerprint density at radius 1 is 1.38 bits per heavy atom. The Morgan fingerprint density at radius 3 is 2.75 bits per heavy atom. The second kappa shape index (κ2) is 3.81. The van der Waals surface area contributed by atoms with Gasteiger partial charge in [0.1, 0.15) is 5.75 Å². The van der Waals surface area contributed by atoms with E-state index in [9.17, 15) is 0 Å². The summed E-state index contributed by atoms with van der Waals surface area (Å²) in [5.74, 6) is 0.885. The minimum absolute atomic E-state index is 0.00366. The highest BCUT2D eigenvalue weighted by Crippen LogP contribution is 2.37. The lowest BCUT2D eigenvalue weighted by Crippen LogP contribution is -2.30. The van der Waals surface area contributed by atoms with Crippen molar-refractivity contribution < 1.29 is 9.94 Å². The van der Waals surface area contributed by atoms with Crippen molar-refractivity contribution in [2.45, 2.75) is 32.1 Å². The van der Waals surface area contributed by atoms with Gasteiger partial charge in [-0.15, -0.1) is 0 Å². The predicted octanol–water partition coefficient (Wildman–Crippen LogP) is 2.75. The molecule has 0 unspecified atom stereocenters. The zero-order chi connectivity index (χ0) is 11.8. The number of oxime groups is 1. The monoisotopic (exact) mass is 219 g/mol. The lowest BCUT2D eigenvalue weighted by Gasteiger charge is -2.33. The van der Waals surface area contributed by atoms with Crippen molar-refractivity contribution in [3.05, 3.63) is 29.3 Å². The van der Waals surface area contributed by atoms with E-state index in [4.69, 9.17) is 9.94 Å². The van der Waals surface area contributed by atoms with Crippen LogP contribution in [0.1, 0.15) is 31.4 Å². The third kappa shape index (κ3) is 1.77. The van der Waals surface area contributed by atoms with Crippen LogP contribution in [0.2, 0.25) is 0 Å². The number of benzene rings is 1. The molecule has 0 spiro atoms. The Bertz CT molecular complexity index is 436. The van der Waals surface area contributed by atoms with Gasteiger partial charge >= 0.3 is 0 Å². The smallest absolute Gasteiger partial charge is 0.119 e. The number of hydrogen-bond acceptors (Lipinski definition) is 3. The molecule has 1 aliphatic carbocycles. The zero-order valence-corrected chi connectivity index (χ0v) is 9.95. The molecule has 1 aliphatic rings. The van der Waals surface area contributed by atoms with Crippen molar-refractivity contribution in [1.29, 1.82) is 0 Å². The van der Waals surface area contributed by atoms with Crippen LogP contribution in [-0.4, -0.2) is 18.0 Å². The van der Waals surface area contributed by atoms with E-state index in [0.717, 1.165) is 24.3 Å². The summed E-state index contributed by atoms with van der Waals surface area (Å²) in [6.07, 6.45) is 1.53. The van der Waals surface area contributed by atoms with Crippen LogP contribution in [0.4, 0.5) is 0 Å². The first kappa shape index (κ1) is 11.0. The Morgan fingerprint density at radius 2 is 2.12 bits per heavy atom. The molecule has 0 amide bonds. The van der Waals surface area contributed by atoms with Crippen molar-refractivity contribution in [2.75, 3.05) is 7.11 Å². The van der Waals surface area contributed by atoms with E-state index in [1.165, 1.54) is 11.1 Å². The Hall–Kier alpha value is -1.51. The average molecular weight is 219 g/mol. The minimum Gasteiger partial charge on any atom is -0.497 e. The summed E-state index contributed by atoms with van der Waals surface area (Å²) in [7, 11) is 1.68. The Kier molecular flexibility index (Phi) is 2.62. The topological polar surface area (TPSA) is 41.8 Å². The lowest BCUT2D eigenvalue weighted by molar-refractivity contribution is 0.313. The molecule has 2 rings (SSSR count). The molecule has 0 heterocycles. The first-order valence-corrected chi connectivity index (χ1v) is 5.44. The molecular formula is C13H17NO2. The van der Waals surface area contributed by atoms with Crippen molar-refractivity contribution in [3.8, 4) is 5.75 Å². The van der Waals surface area contributed by atoms with Gasteiger partial charge in [0.15, 0.2) is 0 Å². The average Bonchev–Trinajstić information content (AvgIpc) is 2.27. The molecule has 3 heteroatoms. The highest BCUT2D eigenvalue weighted by molar-refractivity contribution is 5.89. The molecule has 1 aromatic rings. The van der Waals surface area contributed by atoms with Crippen LogP contribution in [0.25, 0.3) is 0 Å². The van der Waals surface area contributed by atoms with Crippen molar-refractivity contribution in [3.63, 3.8) is 0 Å². The minimum atomic E-state index is 0.00366. The van der Waals surface area contributed by atoms with Gasteiger partial charge < -0.3 is 9.94 Å². The third-order valence-electron chi connectivity index (χ3n) is 3.23. The van der Waals surface area contributed by atoms with Gasteiger partial charge in [-0.2, -0.15) is 0 Å². The fraction of sp³-hybridized carbons (Fsp3) is 0.462. The molecule has 0 saturated carbocycles. The summed E-state index contributed by atoms with van der Waals surface area (Å²) in [4.78, 5) is 0. The summed E-state index contributed by atoms with van der Waals surface area (Å²) in [6.45, 7) is 4.32. The summed E-state index contributed by atoms with van der Waals surface area (Å²) >= 11 is 0. The molecular weight excluding hydrogens is 202 g/mol. The SMILES string of the molecule is COc1ccc2c(c1)C(C)(C)C/C(=N\O)C2. The zero-order valence-electron chi connectivity index (χ0n) is 9.95. The summed E-state index contributed by atoms with van der Waals surface area (Å²) < 4.78 is 5.25. The second-order valence-corrected chi connectivity index (χ2v) is 4.93. The number of fused-ring (bicyclic) bond motifs is 1. The molecule has 0 bridgehead atoms. The predicted molar refractivity (Wildman–Crippen MR) is 63.6 cm³/mol. The largest absolute Gasteiger partial charge is 0.497 e. The standard InChI is InChI=1S/C13H17NO2/c1-13(2)8-10(14-15)6-9-4-5-11(16-3)7-12(9)13/h4-5,7,15H,6,8H2,1-3H3/b14-10-. The van der Waals surface area contributed by atoms with E-state index in [0.29, 0.717) is 0 Å². The maximum Gasteiger partial charge on any atom is 0.119 e. The van der Waals surface area contributed by atoms with Gasteiger partial charge in [0.25, 0.3) is 0 Å². The van der Waals surface area contributed by atoms with Gasteiger partial charge in [0.05, 0.1) is 12.8 Å². The number of hydrogen-bond donors (Lipinski definition) is 1. The molecule has 1 aromatic carbocycles. The van der Waals surface area contributed by atoms with Crippen LogP contribution in [0, 0.1) is 0 Å². The van der Waals surface area contributed by atoms with Gasteiger partial charge in [-0.05, 0) is 35.1 Å². The second-order valence-electron chi connectivity index (χ2n) is 4.93. The van der Waals surface area contributed by atoms with Crippen molar-refractivity contribution in [1.82, 2.24) is 0 Å². The fourth-order valence-electron chi connectivity index (χ4n) is 2.43. The lowest BCUT2D eigenvalue weighted by atomic mass is 9.72. The molecule has 0 aromatic heterocycles. The molecule has 86 valence electrons. The molecule has 0 saturated heterocycles. The first-order chi connectivity index (χ1) is 7.56. The summed E-state index contributed by atoms with van der Waals surface area (Å²) in [5.41, 5.74) is 3.37. The van der Waals surface area contributed by atoms with E-state index in [1.807, 2.05) is 6.07 Å². The van der Waals surface area contributed by atoms with Gasteiger partial charge in [0, 0.05) is 6.42 Å². The molecule has 0 aliphatic heterocycles. The quantitative estimate of drug-likeness (QED) is 0.583. The van der Waals surface area contributed by atoms with Crippen LogP contribution < -0.4 is 4.74 Å². The van der Waals surface area contributed by atoms with Crippen LogP contribution in [0.3, 0.4) is 0 Å². The van der Waals surface area contributed by atoms with Gasteiger partial charge in [0.2, 0.25) is 0 Å². The van der Waals surface area contributed by atoms with Gasteiger partial charge in [-0.1, -0.05) is 25.1 Å². The number of rotatable bonds is 1. The van der Waals surface area contributed by atoms with Crippen LogP contribution in [0.15, 0.2) is 23.4 Å². The number of methoxy groups -OCH3 is 1. The van der Waals surface area contributed by atoms with Gasteiger partial charge in [-0.3, -0.25) is 0 Å². The highest BCUT2D eigenvalue weighted by atomic mass is 16.5. The first-order valence-electron chi connectivity index (χ1n) is 5.44. The van der Waals surface area contributed by atoms with E-state index in [2.05, 4.69) is 31.1 Å². The van der Waals surface area contributed by atoms with Crippen molar-refractivity contribution in [2.24, 2.45) is 5.16 Å². The van der Waals surface area contributed by atoms with Crippen LogP contribution in [-0.2, 0) is 11.8 Å². The molecule has 3 nitrogen and oxygen atoms in total. The van der Waals surface area contributed by atoms with E-state index >= 15 is 0 Å². The summed E-state index contributed by atoms with van der Waals surface area (Å²) in [5, 5.41) is 12.3. The van der Waals surface area contributed by atoms with Crippen LogP contribution in [0.5, 0.6) is 5.75 Å². The molecule has 0 atom stereocenters.